The van der Waals surface area contributed by atoms with Gasteiger partial charge in [0.2, 0.25) is 15.9 Å². The van der Waals surface area contributed by atoms with E-state index in [4.69, 9.17) is 4.74 Å². The van der Waals surface area contributed by atoms with Crippen LogP contribution in [0.15, 0.2) is 0 Å². The third-order valence-electron chi connectivity index (χ3n) is 3.67. The van der Waals surface area contributed by atoms with Gasteiger partial charge in [0.05, 0.1) is 18.6 Å². The van der Waals surface area contributed by atoms with Crippen molar-refractivity contribution in [2.45, 2.75) is 39.2 Å². The molecule has 134 valence electrons. The summed E-state index contributed by atoms with van der Waals surface area (Å²) in [6.45, 7) is 3.95. The van der Waals surface area contributed by atoms with Crippen molar-refractivity contribution in [2.24, 2.45) is 0 Å². The molecule has 0 bridgehead atoms. The van der Waals surface area contributed by atoms with Gasteiger partial charge >= 0.3 is 5.97 Å². The Kier molecular flexibility index (Phi) is 5.94. The van der Waals surface area contributed by atoms with Crippen LogP contribution in [0.2, 0.25) is 0 Å². The molecule has 0 aliphatic carbocycles. The lowest BCUT2D eigenvalue weighted by Crippen LogP contribution is -2.49. The highest BCUT2D eigenvalue weighted by molar-refractivity contribution is 7.88. The van der Waals surface area contributed by atoms with E-state index in [1.54, 1.807) is 13.8 Å². The number of rotatable bonds is 5. The number of ether oxygens (including phenoxy) is 1. The fraction of sp³-hybridized carbons (Fsp3) is 0.643. The maximum Gasteiger partial charge on any atom is 0.350 e. The van der Waals surface area contributed by atoms with Gasteiger partial charge in [-0.3, -0.25) is 4.79 Å². The summed E-state index contributed by atoms with van der Waals surface area (Å²) in [7, 11) is -3.45. The molecule has 1 aliphatic rings. The zero-order valence-corrected chi connectivity index (χ0v) is 15.5. The SMILES string of the molecule is CCOC(=O)c1sc(NC(=O)C2CCCCN2S(C)(=O)=O)nc1C. The van der Waals surface area contributed by atoms with Crippen LogP contribution in [0.5, 0.6) is 0 Å². The molecule has 1 fully saturated rings. The first-order chi connectivity index (χ1) is 11.2. The van der Waals surface area contributed by atoms with Crippen LogP contribution in [0.4, 0.5) is 5.13 Å². The molecule has 1 saturated heterocycles. The van der Waals surface area contributed by atoms with E-state index in [9.17, 15) is 18.0 Å². The lowest BCUT2D eigenvalue weighted by Gasteiger charge is -2.32. The maximum atomic E-state index is 12.5. The summed E-state index contributed by atoms with van der Waals surface area (Å²) in [6.07, 6.45) is 3.09. The summed E-state index contributed by atoms with van der Waals surface area (Å²) in [5.41, 5.74) is 0.470. The standard InChI is InChI=1S/C14H21N3O5S2/c1-4-22-13(19)11-9(2)15-14(23-11)16-12(18)10-7-5-6-8-17(10)24(3,20)21/h10H,4-8H2,1-3H3,(H,15,16,18). The first-order valence-corrected chi connectivity index (χ1v) is 10.3. The van der Waals surface area contributed by atoms with Crippen LogP contribution >= 0.6 is 11.3 Å². The molecular weight excluding hydrogens is 354 g/mol. The van der Waals surface area contributed by atoms with E-state index in [2.05, 4.69) is 10.3 Å². The molecule has 2 rings (SSSR count). The molecule has 10 heteroatoms. The molecule has 0 radical (unpaired) electrons. The van der Waals surface area contributed by atoms with Crippen LogP contribution < -0.4 is 5.32 Å². The van der Waals surface area contributed by atoms with Crippen molar-refractivity contribution in [1.82, 2.24) is 9.29 Å². The second-order valence-electron chi connectivity index (χ2n) is 5.53. The van der Waals surface area contributed by atoms with Crippen molar-refractivity contribution in [2.75, 3.05) is 24.7 Å². The van der Waals surface area contributed by atoms with Crippen LogP contribution in [-0.4, -0.2) is 55.0 Å². The number of nitrogens with one attached hydrogen (secondary N) is 1. The average Bonchev–Trinajstić information content (AvgIpc) is 2.87. The van der Waals surface area contributed by atoms with E-state index in [-0.39, 0.29) is 11.7 Å². The maximum absolute atomic E-state index is 12.5. The van der Waals surface area contributed by atoms with Gasteiger partial charge in [-0.2, -0.15) is 4.31 Å². The number of nitrogens with zero attached hydrogens (tertiary/aromatic N) is 2. The molecule has 1 unspecified atom stereocenters. The Morgan fingerprint density at radius 1 is 1.42 bits per heavy atom. The number of aromatic nitrogens is 1. The van der Waals surface area contributed by atoms with Crippen molar-refractivity contribution in [3.05, 3.63) is 10.6 Å². The van der Waals surface area contributed by atoms with Gasteiger partial charge in [-0.1, -0.05) is 17.8 Å². The Labute approximate surface area is 145 Å². The van der Waals surface area contributed by atoms with Crippen LogP contribution in [0.3, 0.4) is 0 Å². The van der Waals surface area contributed by atoms with E-state index >= 15 is 0 Å². The van der Waals surface area contributed by atoms with Gasteiger partial charge in [0.15, 0.2) is 5.13 Å². The number of thiazole rings is 1. The Morgan fingerprint density at radius 3 is 2.75 bits per heavy atom. The molecular formula is C14H21N3O5S2. The van der Waals surface area contributed by atoms with Crippen LogP contribution in [0, 0.1) is 6.92 Å². The number of carbonyl (C=O) groups is 2. The molecule has 1 amide bonds. The van der Waals surface area contributed by atoms with Gasteiger partial charge in [0.25, 0.3) is 0 Å². The molecule has 2 heterocycles. The zero-order chi connectivity index (χ0) is 17.9. The predicted molar refractivity (Wildman–Crippen MR) is 90.6 cm³/mol. The highest BCUT2D eigenvalue weighted by Gasteiger charge is 2.35. The smallest absolute Gasteiger partial charge is 0.350 e. The second-order valence-corrected chi connectivity index (χ2v) is 8.46. The number of hydrogen-bond acceptors (Lipinski definition) is 7. The molecule has 0 saturated carbocycles. The lowest BCUT2D eigenvalue weighted by atomic mass is 10.0. The third-order valence-corrected chi connectivity index (χ3v) is 6.01. The van der Waals surface area contributed by atoms with Gasteiger partial charge in [-0.05, 0) is 26.7 Å². The number of hydrogen-bond donors (Lipinski definition) is 1. The van der Waals surface area contributed by atoms with Crippen molar-refractivity contribution in [1.29, 1.82) is 0 Å². The lowest BCUT2D eigenvalue weighted by molar-refractivity contribution is -0.120. The molecule has 1 aromatic heterocycles. The largest absolute Gasteiger partial charge is 0.462 e. The topological polar surface area (TPSA) is 106 Å². The molecule has 1 aromatic rings. The Hall–Kier alpha value is -1.52. The molecule has 1 atom stereocenters. The number of piperidine rings is 1. The van der Waals surface area contributed by atoms with E-state index in [0.717, 1.165) is 30.4 Å². The summed E-state index contributed by atoms with van der Waals surface area (Å²) < 4.78 is 29.8. The number of aryl methyl sites for hydroxylation is 1. The monoisotopic (exact) mass is 375 g/mol. The van der Waals surface area contributed by atoms with Gasteiger partial charge < -0.3 is 10.1 Å². The first kappa shape index (κ1) is 18.8. The average molecular weight is 375 g/mol. The Balaban J connectivity index is 2.14. The summed E-state index contributed by atoms with van der Waals surface area (Å²) in [6, 6.07) is -0.746. The molecule has 0 spiro atoms. The second kappa shape index (κ2) is 7.58. The summed E-state index contributed by atoms with van der Waals surface area (Å²) in [4.78, 5) is 28.8. The van der Waals surface area contributed by atoms with Crippen LogP contribution in [0.1, 0.15) is 41.6 Å². The number of amides is 1. The minimum Gasteiger partial charge on any atom is -0.462 e. The van der Waals surface area contributed by atoms with E-state index in [1.807, 2.05) is 0 Å². The van der Waals surface area contributed by atoms with E-state index in [1.165, 1.54) is 4.31 Å². The fourth-order valence-electron chi connectivity index (χ4n) is 2.59. The van der Waals surface area contributed by atoms with Crippen LogP contribution in [-0.2, 0) is 19.6 Å². The number of anilines is 1. The van der Waals surface area contributed by atoms with Crippen molar-refractivity contribution < 1.29 is 22.7 Å². The summed E-state index contributed by atoms with van der Waals surface area (Å²) >= 11 is 1.02. The number of carbonyl (C=O) groups excluding carboxylic acids is 2. The predicted octanol–water partition coefficient (Wildman–Crippen LogP) is 1.38. The van der Waals surface area contributed by atoms with Gasteiger partial charge in [0, 0.05) is 6.54 Å². The molecule has 8 nitrogen and oxygen atoms in total. The molecule has 1 N–H and O–H groups in total. The highest BCUT2D eigenvalue weighted by Crippen LogP contribution is 2.26. The van der Waals surface area contributed by atoms with Crippen LogP contribution in [0.25, 0.3) is 0 Å². The fourth-order valence-corrected chi connectivity index (χ4v) is 4.58. The Bertz CT molecular complexity index is 729. The quantitative estimate of drug-likeness (QED) is 0.780. The van der Waals surface area contributed by atoms with Crippen molar-refractivity contribution in [3.8, 4) is 0 Å². The van der Waals surface area contributed by atoms with Crippen molar-refractivity contribution >= 4 is 38.4 Å². The summed E-state index contributed by atoms with van der Waals surface area (Å²) in [5.74, 6) is -0.910. The minimum atomic E-state index is -3.45. The molecule has 0 aromatic carbocycles. The minimum absolute atomic E-state index is 0.253. The zero-order valence-electron chi connectivity index (χ0n) is 13.9. The molecule has 24 heavy (non-hydrogen) atoms. The van der Waals surface area contributed by atoms with Crippen molar-refractivity contribution in [3.63, 3.8) is 0 Å². The molecule has 1 aliphatic heterocycles. The highest BCUT2D eigenvalue weighted by atomic mass is 32.2. The Morgan fingerprint density at radius 2 is 2.12 bits per heavy atom. The number of sulfonamides is 1. The third kappa shape index (κ3) is 4.31. The summed E-state index contributed by atoms with van der Waals surface area (Å²) in [5, 5.41) is 2.89. The van der Waals surface area contributed by atoms with Gasteiger partial charge in [0.1, 0.15) is 10.9 Å². The van der Waals surface area contributed by atoms with Gasteiger partial charge in [-0.25, -0.2) is 18.2 Å². The normalized spacial score (nSPS) is 19.0. The van der Waals surface area contributed by atoms with Gasteiger partial charge in [-0.15, -0.1) is 0 Å². The number of esters is 1. The first-order valence-electron chi connectivity index (χ1n) is 7.66. The van der Waals surface area contributed by atoms with E-state index < -0.39 is 27.9 Å². The van der Waals surface area contributed by atoms with E-state index in [0.29, 0.717) is 23.5 Å².